The fourth-order valence-corrected chi connectivity index (χ4v) is 1.98. The molecular weight excluding hydrogens is 285 g/mol. The maximum Gasteiger partial charge on any atom is 0.139 e. The molecule has 19 heavy (non-hydrogen) atoms. The Morgan fingerprint density at radius 1 is 1.11 bits per heavy atom. The average molecular weight is 298 g/mol. The van der Waals surface area contributed by atoms with Crippen LogP contribution >= 0.6 is 23.2 Å². The smallest absolute Gasteiger partial charge is 0.139 e. The number of rotatable bonds is 4. The maximum absolute atomic E-state index is 6.05. The van der Waals surface area contributed by atoms with Gasteiger partial charge in [-0.3, -0.25) is 0 Å². The van der Waals surface area contributed by atoms with Crippen LogP contribution in [-0.4, -0.2) is 7.11 Å². The highest BCUT2D eigenvalue weighted by Crippen LogP contribution is 2.32. The quantitative estimate of drug-likeness (QED) is 0.862. The summed E-state index contributed by atoms with van der Waals surface area (Å²) in [5.74, 6) is 1.21. The minimum atomic E-state index is 0.323. The lowest BCUT2D eigenvalue weighted by Crippen LogP contribution is -2.00. The van der Waals surface area contributed by atoms with E-state index in [1.807, 2.05) is 6.07 Å². The zero-order valence-corrected chi connectivity index (χ0v) is 11.8. The third-order valence-electron chi connectivity index (χ3n) is 2.61. The topological polar surface area (TPSA) is 44.5 Å². The van der Waals surface area contributed by atoms with E-state index in [0.717, 1.165) is 5.56 Å². The standard InChI is InChI=1S/C14H13Cl2NO2/c1-18-13-7-10(17)6-5-9(13)8-19-12-4-2-3-11(15)14(12)16/h2-7H,8,17H2,1H3. The Morgan fingerprint density at radius 2 is 1.89 bits per heavy atom. The monoisotopic (exact) mass is 297 g/mol. The molecule has 0 aliphatic carbocycles. The van der Waals surface area contributed by atoms with E-state index in [1.165, 1.54) is 0 Å². The Kier molecular flexibility index (Phi) is 4.40. The summed E-state index contributed by atoms with van der Waals surface area (Å²) in [6, 6.07) is 10.6. The second kappa shape index (κ2) is 6.04. The van der Waals surface area contributed by atoms with Gasteiger partial charge in [-0.15, -0.1) is 0 Å². The van der Waals surface area contributed by atoms with Crippen molar-refractivity contribution < 1.29 is 9.47 Å². The number of nitrogens with two attached hydrogens (primary N) is 1. The van der Waals surface area contributed by atoms with Crippen LogP contribution in [0.15, 0.2) is 36.4 Å². The summed E-state index contributed by atoms with van der Waals surface area (Å²) < 4.78 is 10.9. The second-order valence-corrected chi connectivity index (χ2v) is 4.70. The maximum atomic E-state index is 6.05. The van der Waals surface area contributed by atoms with Crippen molar-refractivity contribution in [3.8, 4) is 11.5 Å². The lowest BCUT2D eigenvalue weighted by atomic mass is 10.2. The van der Waals surface area contributed by atoms with Crippen LogP contribution in [-0.2, 0) is 6.61 Å². The highest BCUT2D eigenvalue weighted by molar-refractivity contribution is 6.42. The average Bonchev–Trinajstić information content (AvgIpc) is 2.41. The summed E-state index contributed by atoms with van der Waals surface area (Å²) in [7, 11) is 1.59. The lowest BCUT2D eigenvalue weighted by Gasteiger charge is -2.12. The molecule has 0 heterocycles. The molecule has 0 radical (unpaired) electrons. The first kappa shape index (κ1) is 13.8. The lowest BCUT2D eigenvalue weighted by molar-refractivity contribution is 0.297. The van der Waals surface area contributed by atoms with Gasteiger partial charge in [0.05, 0.1) is 12.1 Å². The van der Waals surface area contributed by atoms with Crippen LogP contribution in [0.25, 0.3) is 0 Å². The molecular formula is C14H13Cl2NO2. The van der Waals surface area contributed by atoms with Gasteiger partial charge in [-0.1, -0.05) is 29.3 Å². The number of nitrogen functional groups attached to an aromatic ring is 1. The third kappa shape index (κ3) is 3.25. The number of benzene rings is 2. The van der Waals surface area contributed by atoms with Crippen molar-refractivity contribution in [3.63, 3.8) is 0 Å². The largest absolute Gasteiger partial charge is 0.496 e. The Morgan fingerprint density at radius 3 is 2.63 bits per heavy atom. The van der Waals surface area contributed by atoms with Crippen LogP contribution in [0.1, 0.15) is 5.56 Å². The van der Waals surface area contributed by atoms with E-state index in [-0.39, 0.29) is 0 Å². The molecule has 0 atom stereocenters. The number of hydrogen-bond acceptors (Lipinski definition) is 3. The van der Waals surface area contributed by atoms with Crippen molar-refractivity contribution in [2.75, 3.05) is 12.8 Å². The van der Waals surface area contributed by atoms with Crippen LogP contribution in [0.4, 0.5) is 5.69 Å². The zero-order valence-electron chi connectivity index (χ0n) is 10.3. The number of ether oxygens (including phenoxy) is 2. The van der Waals surface area contributed by atoms with Crippen molar-refractivity contribution in [2.24, 2.45) is 0 Å². The molecule has 0 amide bonds. The van der Waals surface area contributed by atoms with Crippen LogP contribution in [0.5, 0.6) is 11.5 Å². The number of hydrogen-bond donors (Lipinski definition) is 1. The Hall–Kier alpha value is -1.58. The van der Waals surface area contributed by atoms with Crippen LogP contribution in [0.2, 0.25) is 10.0 Å². The molecule has 0 fully saturated rings. The molecule has 0 unspecified atom stereocenters. The van der Waals surface area contributed by atoms with Gasteiger partial charge >= 0.3 is 0 Å². The first-order valence-electron chi connectivity index (χ1n) is 5.61. The van der Waals surface area contributed by atoms with Gasteiger partial charge in [-0.2, -0.15) is 0 Å². The van der Waals surface area contributed by atoms with Gasteiger partial charge in [0.2, 0.25) is 0 Å². The predicted molar refractivity (Wildman–Crippen MR) is 78.2 cm³/mol. The van der Waals surface area contributed by atoms with Crippen LogP contribution in [0, 0.1) is 0 Å². The molecule has 0 saturated heterocycles. The van der Waals surface area contributed by atoms with E-state index in [2.05, 4.69) is 0 Å². The van der Waals surface area contributed by atoms with E-state index in [9.17, 15) is 0 Å². The molecule has 100 valence electrons. The van der Waals surface area contributed by atoms with E-state index < -0.39 is 0 Å². The molecule has 0 aliphatic rings. The summed E-state index contributed by atoms with van der Waals surface area (Å²) in [5.41, 5.74) is 7.22. The predicted octanol–water partition coefficient (Wildman–Crippen LogP) is 4.16. The van der Waals surface area contributed by atoms with Gasteiger partial charge in [-0.25, -0.2) is 0 Å². The molecule has 0 saturated carbocycles. The molecule has 5 heteroatoms. The third-order valence-corrected chi connectivity index (χ3v) is 3.41. The van der Waals surface area contributed by atoms with Crippen molar-refractivity contribution in [1.29, 1.82) is 0 Å². The normalized spacial score (nSPS) is 10.3. The molecule has 2 aromatic rings. The minimum Gasteiger partial charge on any atom is -0.496 e. The molecule has 0 aliphatic heterocycles. The number of anilines is 1. The van der Waals surface area contributed by atoms with Gasteiger partial charge in [-0.05, 0) is 24.3 Å². The van der Waals surface area contributed by atoms with E-state index >= 15 is 0 Å². The first-order chi connectivity index (χ1) is 9.11. The Balaban J connectivity index is 2.17. The fourth-order valence-electron chi connectivity index (χ4n) is 1.63. The Bertz CT molecular complexity index is 588. The Labute approximate surface area is 121 Å². The summed E-state index contributed by atoms with van der Waals surface area (Å²) in [5, 5.41) is 0.863. The fraction of sp³-hybridized carbons (Fsp3) is 0.143. The van der Waals surface area contributed by atoms with Crippen LogP contribution in [0.3, 0.4) is 0 Å². The van der Waals surface area contributed by atoms with E-state index in [4.69, 9.17) is 38.4 Å². The molecule has 0 spiro atoms. The molecule has 0 bridgehead atoms. The zero-order chi connectivity index (χ0) is 13.8. The van der Waals surface area contributed by atoms with Gasteiger partial charge < -0.3 is 15.2 Å². The molecule has 2 N–H and O–H groups in total. The van der Waals surface area contributed by atoms with Crippen molar-refractivity contribution in [2.45, 2.75) is 6.61 Å². The molecule has 2 rings (SSSR count). The van der Waals surface area contributed by atoms with Crippen molar-refractivity contribution in [3.05, 3.63) is 52.0 Å². The van der Waals surface area contributed by atoms with Crippen molar-refractivity contribution in [1.82, 2.24) is 0 Å². The molecule has 3 nitrogen and oxygen atoms in total. The second-order valence-electron chi connectivity index (χ2n) is 3.91. The number of methoxy groups -OCH3 is 1. The minimum absolute atomic E-state index is 0.323. The van der Waals surface area contributed by atoms with Gasteiger partial charge in [0, 0.05) is 17.3 Å². The highest BCUT2D eigenvalue weighted by atomic mass is 35.5. The molecule has 2 aromatic carbocycles. The van der Waals surface area contributed by atoms with Crippen LogP contribution < -0.4 is 15.2 Å². The molecule has 0 aromatic heterocycles. The summed E-state index contributed by atoms with van der Waals surface area (Å²) in [6.45, 7) is 0.323. The summed E-state index contributed by atoms with van der Waals surface area (Å²) in [6.07, 6.45) is 0. The summed E-state index contributed by atoms with van der Waals surface area (Å²) >= 11 is 12.0. The van der Waals surface area contributed by atoms with E-state index in [1.54, 1.807) is 37.4 Å². The van der Waals surface area contributed by atoms with Gasteiger partial charge in [0.15, 0.2) is 0 Å². The highest BCUT2D eigenvalue weighted by Gasteiger charge is 2.08. The SMILES string of the molecule is COc1cc(N)ccc1COc1cccc(Cl)c1Cl. The van der Waals surface area contributed by atoms with Gasteiger partial charge in [0.1, 0.15) is 23.1 Å². The number of halogens is 2. The summed E-state index contributed by atoms with van der Waals surface area (Å²) in [4.78, 5) is 0. The van der Waals surface area contributed by atoms with E-state index in [0.29, 0.717) is 33.8 Å². The van der Waals surface area contributed by atoms with Gasteiger partial charge in [0.25, 0.3) is 0 Å². The first-order valence-corrected chi connectivity index (χ1v) is 6.36. The van der Waals surface area contributed by atoms with Crippen molar-refractivity contribution >= 4 is 28.9 Å².